The zero-order chi connectivity index (χ0) is 13.8. The number of carbonyl (C=O) groups excluding carboxylic acids is 1. The Bertz CT molecular complexity index is 598. The quantitative estimate of drug-likeness (QED) is 0.627. The van der Waals surface area contributed by atoms with Gasteiger partial charge >= 0.3 is 5.97 Å². The average molecular weight is 299 g/mol. The maximum Gasteiger partial charge on any atom is 0.316 e. The number of carbonyl (C=O) groups is 1. The summed E-state index contributed by atoms with van der Waals surface area (Å²) in [5, 5.41) is 1.49. The largest absolute Gasteiger partial charge is 0.468 e. The minimum atomic E-state index is -0.252. The number of nitrogens with zero attached hydrogens (tertiary/aromatic N) is 2. The molecule has 0 saturated carbocycles. The predicted molar refractivity (Wildman–Crippen MR) is 77.8 cm³/mol. The van der Waals surface area contributed by atoms with Crippen molar-refractivity contribution in [1.82, 2.24) is 9.55 Å². The van der Waals surface area contributed by atoms with Gasteiger partial charge in [0.05, 0.1) is 23.9 Å². The summed E-state index contributed by atoms with van der Waals surface area (Å²) in [6.07, 6.45) is 1.000. The van der Waals surface area contributed by atoms with Crippen molar-refractivity contribution in [2.24, 2.45) is 0 Å². The van der Waals surface area contributed by atoms with Crippen LogP contribution < -0.4 is 0 Å². The monoisotopic (exact) mass is 298 g/mol. The third-order valence-electron chi connectivity index (χ3n) is 2.67. The van der Waals surface area contributed by atoms with Gasteiger partial charge < -0.3 is 9.30 Å². The number of halogens is 1. The molecule has 1 aromatic carbocycles. The fraction of sp³-hybridized carbons (Fsp3) is 0.385. The maximum absolute atomic E-state index is 11.2. The number of hydrogen-bond acceptors (Lipinski definition) is 4. The lowest BCUT2D eigenvalue weighted by molar-refractivity contribution is -0.137. The van der Waals surface area contributed by atoms with E-state index in [4.69, 9.17) is 11.6 Å². The lowest BCUT2D eigenvalue weighted by Gasteiger charge is -2.06. The Hall–Kier alpha value is -1.20. The molecule has 0 N–H and O–H groups in total. The number of aryl methyl sites for hydroxylation is 1. The first-order chi connectivity index (χ1) is 9.15. The number of rotatable bonds is 5. The fourth-order valence-corrected chi connectivity index (χ4v) is 2.85. The number of hydrogen-bond donors (Lipinski definition) is 0. The smallest absolute Gasteiger partial charge is 0.316 e. The molecule has 102 valence electrons. The molecule has 0 spiro atoms. The lowest BCUT2D eigenvalue weighted by Crippen LogP contribution is -2.05. The number of aromatic nitrogens is 2. The second-order valence-electron chi connectivity index (χ2n) is 4.04. The Morgan fingerprint density at radius 3 is 3.00 bits per heavy atom. The van der Waals surface area contributed by atoms with Crippen molar-refractivity contribution < 1.29 is 9.53 Å². The molecule has 0 unspecified atom stereocenters. The molecule has 0 aliphatic heterocycles. The summed E-state index contributed by atoms with van der Waals surface area (Å²) in [7, 11) is 1.39. The molecule has 0 atom stereocenters. The van der Waals surface area contributed by atoms with Gasteiger partial charge in [-0.15, -0.1) is 0 Å². The van der Waals surface area contributed by atoms with Crippen LogP contribution in [0.15, 0.2) is 23.4 Å². The van der Waals surface area contributed by atoms with Gasteiger partial charge in [0.1, 0.15) is 0 Å². The Kier molecular flexibility index (Phi) is 4.71. The molecule has 2 rings (SSSR count). The molecular formula is C13H15ClN2O2S. The third-order valence-corrected chi connectivity index (χ3v) is 3.85. The average Bonchev–Trinajstić information content (AvgIpc) is 2.73. The Morgan fingerprint density at radius 2 is 2.32 bits per heavy atom. The fourth-order valence-electron chi connectivity index (χ4n) is 1.81. The number of ether oxygens (including phenoxy) is 1. The summed E-state index contributed by atoms with van der Waals surface area (Å²) in [6, 6.07) is 5.65. The summed E-state index contributed by atoms with van der Waals surface area (Å²) < 4.78 is 6.76. The van der Waals surface area contributed by atoms with Crippen LogP contribution in [0.5, 0.6) is 0 Å². The second kappa shape index (κ2) is 6.30. The predicted octanol–water partition coefficient (Wildman–Crippen LogP) is 3.36. The highest BCUT2D eigenvalue weighted by atomic mass is 35.5. The molecule has 0 bridgehead atoms. The number of benzene rings is 1. The van der Waals surface area contributed by atoms with Gasteiger partial charge in [-0.3, -0.25) is 4.79 Å². The molecule has 0 fully saturated rings. The van der Waals surface area contributed by atoms with Gasteiger partial charge in [-0.2, -0.15) is 0 Å². The number of esters is 1. The van der Waals surface area contributed by atoms with E-state index in [0.29, 0.717) is 5.02 Å². The second-order valence-corrected chi connectivity index (χ2v) is 5.42. The van der Waals surface area contributed by atoms with Crippen molar-refractivity contribution in [2.45, 2.75) is 25.0 Å². The molecule has 19 heavy (non-hydrogen) atoms. The van der Waals surface area contributed by atoms with Crippen LogP contribution >= 0.6 is 23.4 Å². The maximum atomic E-state index is 11.2. The van der Waals surface area contributed by atoms with Gasteiger partial charge in [0.15, 0.2) is 5.16 Å². The van der Waals surface area contributed by atoms with E-state index in [0.717, 1.165) is 29.2 Å². The van der Waals surface area contributed by atoms with E-state index in [9.17, 15) is 4.79 Å². The first-order valence-corrected chi connectivity index (χ1v) is 7.37. The van der Waals surface area contributed by atoms with Gasteiger partial charge in [-0.05, 0) is 24.6 Å². The standard InChI is InChI=1S/C13H15ClN2O2S/c1-3-6-16-11-5-4-9(14)7-10(11)15-13(16)19-8-12(17)18-2/h4-5,7H,3,6,8H2,1-2H3. The Labute approximate surface area is 121 Å². The van der Waals surface area contributed by atoms with Crippen LogP contribution in [0.4, 0.5) is 0 Å². The number of fused-ring (bicyclic) bond motifs is 1. The van der Waals surface area contributed by atoms with Crippen LogP contribution in [-0.4, -0.2) is 28.4 Å². The highest BCUT2D eigenvalue weighted by Crippen LogP contribution is 2.26. The van der Waals surface area contributed by atoms with Crippen LogP contribution in [0.25, 0.3) is 11.0 Å². The van der Waals surface area contributed by atoms with Gasteiger partial charge in [0.2, 0.25) is 0 Å². The van der Waals surface area contributed by atoms with Crippen molar-refractivity contribution in [3.8, 4) is 0 Å². The zero-order valence-electron chi connectivity index (χ0n) is 10.9. The molecule has 0 aliphatic rings. The first-order valence-electron chi connectivity index (χ1n) is 6.01. The van der Waals surface area contributed by atoms with Gasteiger partial charge in [0.25, 0.3) is 0 Å². The minimum Gasteiger partial charge on any atom is -0.468 e. The van der Waals surface area contributed by atoms with Crippen LogP contribution in [0.2, 0.25) is 5.02 Å². The Morgan fingerprint density at radius 1 is 1.53 bits per heavy atom. The van der Waals surface area contributed by atoms with E-state index in [2.05, 4.69) is 21.2 Å². The summed E-state index contributed by atoms with van der Waals surface area (Å²) in [5.74, 6) is 0.00945. The highest BCUT2D eigenvalue weighted by Gasteiger charge is 2.12. The van der Waals surface area contributed by atoms with E-state index in [1.54, 1.807) is 0 Å². The van der Waals surface area contributed by atoms with E-state index in [1.165, 1.54) is 18.9 Å². The molecule has 6 heteroatoms. The number of imidazole rings is 1. The van der Waals surface area contributed by atoms with E-state index < -0.39 is 0 Å². The van der Waals surface area contributed by atoms with Crippen molar-refractivity contribution in [2.75, 3.05) is 12.9 Å². The number of methoxy groups -OCH3 is 1. The van der Waals surface area contributed by atoms with E-state index in [-0.39, 0.29) is 11.7 Å². The normalized spacial score (nSPS) is 10.9. The molecule has 0 radical (unpaired) electrons. The molecule has 4 nitrogen and oxygen atoms in total. The van der Waals surface area contributed by atoms with Crippen LogP contribution in [0.3, 0.4) is 0 Å². The van der Waals surface area contributed by atoms with Crippen molar-refractivity contribution >= 4 is 40.4 Å². The van der Waals surface area contributed by atoms with Crippen molar-refractivity contribution in [3.63, 3.8) is 0 Å². The molecular weight excluding hydrogens is 284 g/mol. The topological polar surface area (TPSA) is 44.1 Å². The van der Waals surface area contributed by atoms with Crippen molar-refractivity contribution in [3.05, 3.63) is 23.2 Å². The lowest BCUT2D eigenvalue weighted by atomic mass is 10.3. The van der Waals surface area contributed by atoms with Gasteiger partial charge in [-0.25, -0.2) is 4.98 Å². The van der Waals surface area contributed by atoms with Crippen LogP contribution in [0.1, 0.15) is 13.3 Å². The zero-order valence-corrected chi connectivity index (χ0v) is 12.4. The van der Waals surface area contributed by atoms with Gasteiger partial charge in [0, 0.05) is 11.6 Å². The third kappa shape index (κ3) is 3.22. The molecule has 1 aromatic heterocycles. The van der Waals surface area contributed by atoms with Crippen LogP contribution in [-0.2, 0) is 16.1 Å². The molecule has 0 amide bonds. The Balaban J connectivity index is 2.35. The summed E-state index contributed by atoms with van der Waals surface area (Å²) in [6.45, 7) is 2.97. The van der Waals surface area contributed by atoms with Crippen molar-refractivity contribution in [1.29, 1.82) is 0 Å². The van der Waals surface area contributed by atoms with E-state index >= 15 is 0 Å². The highest BCUT2D eigenvalue weighted by molar-refractivity contribution is 7.99. The molecule has 1 heterocycles. The molecule has 0 saturated heterocycles. The SMILES string of the molecule is CCCn1c(SCC(=O)OC)nc2cc(Cl)ccc21. The minimum absolute atomic E-state index is 0.252. The number of thioether (sulfide) groups is 1. The molecule has 2 aromatic rings. The first kappa shape index (κ1) is 14.2. The molecule has 0 aliphatic carbocycles. The van der Waals surface area contributed by atoms with Crippen LogP contribution in [0, 0.1) is 0 Å². The van der Waals surface area contributed by atoms with Gasteiger partial charge in [-0.1, -0.05) is 30.3 Å². The summed E-state index contributed by atoms with van der Waals surface area (Å²) >= 11 is 7.36. The van der Waals surface area contributed by atoms with E-state index in [1.807, 2.05) is 18.2 Å². The summed E-state index contributed by atoms with van der Waals surface area (Å²) in [4.78, 5) is 15.8. The summed E-state index contributed by atoms with van der Waals surface area (Å²) in [5.41, 5.74) is 1.90.